The first kappa shape index (κ1) is 12.5. The van der Waals surface area contributed by atoms with Crippen LogP contribution >= 0.6 is 0 Å². The van der Waals surface area contributed by atoms with Crippen LogP contribution < -0.4 is 0 Å². The quantitative estimate of drug-likeness (QED) is 0.902. The normalized spacial score (nSPS) is 19.8. The number of nitrogens with zero attached hydrogens (tertiary/aromatic N) is 2. The maximum Gasteiger partial charge on any atom is 0.150 e. The highest BCUT2D eigenvalue weighted by Crippen LogP contribution is 2.23. The molecule has 0 unspecified atom stereocenters. The van der Waals surface area contributed by atoms with Gasteiger partial charge in [-0.3, -0.25) is 0 Å². The van der Waals surface area contributed by atoms with E-state index in [0.717, 1.165) is 30.6 Å². The van der Waals surface area contributed by atoms with Gasteiger partial charge in [0, 0.05) is 6.20 Å². The zero-order valence-electron chi connectivity index (χ0n) is 10.5. The van der Waals surface area contributed by atoms with Gasteiger partial charge in [0.05, 0.1) is 23.4 Å². The van der Waals surface area contributed by atoms with Crippen LogP contribution in [0.4, 0.5) is 0 Å². The first-order valence-electron chi connectivity index (χ1n) is 6.39. The topological polar surface area (TPSA) is 71.7 Å². The van der Waals surface area contributed by atoms with E-state index in [1.54, 1.807) is 22.7 Å². The lowest BCUT2D eigenvalue weighted by Gasteiger charge is -2.20. The van der Waals surface area contributed by atoms with Crippen molar-refractivity contribution in [3.63, 3.8) is 0 Å². The third kappa shape index (κ3) is 2.73. The maximum atomic E-state index is 11.4. The largest absolute Gasteiger partial charge is 0.506 e. The summed E-state index contributed by atoms with van der Waals surface area (Å²) in [5, 5.41) is 9.40. The summed E-state index contributed by atoms with van der Waals surface area (Å²) in [7, 11) is -2.80. The average molecular weight is 280 g/mol. The Morgan fingerprint density at radius 3 is 2.74 bits per heavy atom. The SMILES string of the molecule is O=S1(=O)CCC(Cc2cn3cc(O)ccc3n2)CC1. The number of rotatable bonds is 2. The molecule has 1 saturated heterocycles. The number of aromatic nitrogens is 2. The highest BCUT2D eigenvalue weighted by atomic mass is 32.2. The lowest BCUT2D eigenvalue weighted by molar-refractivity contribution is 0.459. The van der Waals surface area contributed by atoms with Crippen LogP contribution in [0, 0.1) is 5.92 Å². The van der Waals surface area contributed by atoms with Crippen LogP contribution in [0.2, 0.25) is 0 Å². The van der Waals surface area contributed by atoms with Gasteiger partial charge in [0.1, 0.15) is 21.2 Å². The van der Waals surface area contributed by atoms with Crippen molar-refractivity contribution >= 4 is 15.5 Å². The number of hydrogen-bond donors (Lipinski definition) is 1. The van der Waals surface area contributed by atoms with Crippen molar-refractivity contribution in [3.05, 3.63) is 30.2 Å². The Morgan fingerprint density at radius 2 is 2.00 bits per heavy atom. The summed E-state index contributed by atoms with van der Waals surface area (Å²) in [6.45, 7) is 0. The minimum atomic E-state index is -2.80. The molecule has 1 fully saturated rings. The Balaban J connectivity index is 1.75. The molecule has 1 aliphatic rings. The summed E-state index contributed by atoms with van der Waals surface area (Å²) in [5.41, 5.74) is 1.76. The molecule has 0 atom stereocenters. The molecule has 5 nitrogen and oxygen atoms in total. The summed E-state index contributed by atoms with van der Waals surface area (Å²) in [5.74, 6) is 1.19. The second-order valence-electron chi connectivity index (χ2n) is 5.18. The molecule has 0 saturated carbocycles. The molecule has 0 amide bonds. The molecular formula is C13H16N2O3S. The zero-order chi connectivity index (χ0) is 13.5. The van der Waals surface area contributed by atoms with Gasteiger partial charge in [-0.15, -0.1) is 0 Å². The van der Waals surface area contributed by atoms with Gasteiger partial charge in [0.15, 0.2) is 0 Å². The molecular weight excluding hydrogens is 264 g/mol. The lowest BCUT2D eigenvalue weighted by Crippen LogP contribution is -2.24. The Morgan fingerprint density at radius 1 is 1.26 bits per heavy atom. The van der Waals surface area contributed by atoms with Gasteiger partial charge >= 0.3 is 0 Å². The molecule has 0 aliphatic carbocycles. The summed E-state index contributed by atoms with van der Waals surface area (Å²) in [6, 6.07) is 3.38. The molecule has 1 aliphatic heterocycles. The lowest BCUT2D eigenvalue weighted by atomic mass is 9.97. The predicted molar refractivity (Wildman–Crippen MR) is 71.9 cm³/mol. The fraction of sp³-hybridized carbons (Fsp3) is 0.462. The van der Waals surface area contributed by atoms with E-state index in [9.17, 15) is 13.5 Å². The Kier molecular flexibility index (Phi) is 2.97. The molecule has 1 N–H and O–H groups in total. The van der Waals surface area contributed by atoms with Gasteiger partial charge in [0.25, 0.3) is 0 Å². The fourth-order valence-electron chi connectivity index (χ4n) is 2.57. The maximum absolute atomic E-state index is 11.4. The molecule has 0 spiro atoms. The van der Waals surface area contributed by atoms with Gasteiger partial charge < -0.3 is 9.51 Å². The van der Waals surface area contributed by atoms with Crippen LogP contribution in [0.1, 0.15) is 18.5 Å². The summed E-state index contributed by atoms with van der Waals surface area (Å²) in [6.07, 6.45) is 5.77. The van der Waals surface area contributed by atoms with Crippen LogP contribution in [0.3, 0.4) is 0 Å². The molecule has 2 aromatic rings. The standard InChI is InChI=1S/C13H16N2O3S/c16-12-1-2-13-14-11(8-15(13)9-12)7-10-3-5-19(17,18)6-4-10/h1-2,8-10,16H,3-7H2. The smallest absolute Gasteiger partial charge is 0.150 e. The third-order valence-electron chi connectivity index (χ3n) is 3.66. The number of fused-ring (bicyclic) bond motifs is 1. The number of pyridine rings is 1. The monoisotopic (exact) mass is 280 g/mol. The minimum absolute atomic E-state index is 0.209. The molecule has 19 heavy (non-hydrogen) atoms. The summed E-state index contributed by atoms with van der Waals surface area (Å²) >= 11 is 0. The van der Waals surface area contributed by atoms with E-state index >= 15 is 0 Å². The van der Waals surface area contributed by atoms with Crippen LogP contribution in [0.25, 0.3) is 5.65 Å². The molecule has 2 aromatic heterocycles. The van der Waals surface area contributed by atoms with Crippen LogP contribution in [0.15, 0.2) is 24.5 Å². The second-order valence-corrected chi connectivity index (χ2v) is 7.49. The molecule has 6 heteroatoms. The third-order valence-corrected chi connectivity index (χ3v) is 5.37. The van der Waals surface area contributed by atoms with Gasteiger partial charge in [0.2, 0.25) is 0 Å². The first-order chi connectivity index (χ1) is 9.02. The zero-order valence-corrected chi connectivity index (χ0v) is 11.3. The van der Waals surface area contributed by atoms with Gasteiger partial charge in [-0.2, -0.15) is 0 Å². The Hall–Kier alpha value is -1.56. The molecule has 3 heterocycles. The van der Waals surface area contributed by atoms with Crippen molar-refractivity contribution in [1.82, 2.24) is 9.38 Å². The van der Waals surface area contributed by atoms with E-state index in [2.05, 4.69) is 4.98 Å². The van der Waals surface area contributed by atoms with E-state index in [1.807, 2.05) is 6.20 Å². The van der Waals surface area contributed by atoms with Crippen LogP contribution in [-0.4, -0.2) is 34.4 Å². The van der Waals surface area contributed by atoms with Crippen molar-refractivity contribution in [2.45, 2.75) is 19.3 Å². The predicted octanol–water partition coefficient (Wildman–Crippen LogP) is 1.41. The van der Waals surface area contributed by atoms with Crippen LogP contribution in [-0.2, 0) is 16.3 Å². The number of sulfone groups is 1. The highest BCUT2D eigenvalue weighted by Gasteiger charge is 2.24. The number of aromatic hydroxyl groups is 1. The average Bonchev–Trinajstić information content (AvgIpc) is 2.73. The van der Waals surface area contributed by atoms with Gasteiger partial charge in [-0.1, -0.05) is 0 Å². The fourth-order valence-corrected chi connectivity index (χ4v) is 4.16. The second kappa shape index (κ2) is 4.52. The molecule has 0 bridgehead atoms. The minimum Gasteiger partial charge on any atom is -0.506 e. The Bertz CT molecular complexity index is 692. The van der Waals surface area contributed by atoms with E-state index in [-0.39, 0.29) is 5.75 Å². The number of hydrogen-bond acceptors (Lipinski definition) is 4. The van der Waals surface area contributed by atoms with E-state index < -0.39 is 9.84 Å². The molecule has 0 radical (unpaired) electrons. The van der Waals surface area contributed by atoms with E-state index in [0.29, 0.717) is 17.4 Å². The molecule has 3 rings (SSSR count). The summed E-state index contributed by atoms with van der Waals surface area (Å²) < 4.78 is 24.6. The van der Waals surface area contributed by atoms with E-state index in [4.69, 9.17) is 0 Å². The van der Waals surface area contributed by atoms with Crippen molar-refractivity contribution in [2.75, 3.05) is 11.5 Å². The van der Waals surface area contributed by atoms with Crippen LogP contribution in [0.5, 0.6) is 5.75 Å². The highest BCUT2D eigenvalue weighted by molar-refractivity contribution is 7.91. The first-order valence-corrected chi connectivity index (χ1v) is 8.21. The number of imidazole rings is 1. The van der Waals surface area contributed by atoms with Crippen molar-refractivity contribution in [2.24, 2.45) is 5.92 Å². The van der Waals surface area contributed by atoms with Crippen molar-refractivity contribution < 1.29 is 13.5 Å². The molecule has 0 aromatic carbocycles. The Labute approximate surface area is 111 Å². The van der Waals surface area contributed by atoms with Crippen molar-refractivity contribution in [3.8, 4) is 5.75 Å². The molecule has 102 valence electrons. The van der Waals surface area contributed by atoms with Gasteiger partial charge in [-0.05, 0) is 37.3 Å². The van der Waals surface area contributed by atoms with Gasteiger partial charge in [-0.25, -0.2) is 13.4 Å². The van der Waals surface area contributed by atoms with E-state index in [1.165, 1.54) is 0 Å². The summed E-state index contributed by atoms with van der Waals surface area (Å²) in [4.78, 5) is 4.49. The van der Waals surface area contributed by atoms with Crippen molar-refractivity contribution in [1.29, 1.82) is 0 Å².